The molecule has 3 rings (SSSR count). The Labute approximate surface area is 109 Å². The summed E-state index contributed by atoms with van der Waals surface area (Å²) in [5.74, 6) is 0.527. The van der Waals surface area contributed by atoms with Crippen LogP contribution in [0.4, 0.5) is 0 Å². The molecule has 0 aromatic rings. The molecule has 2 saturated carbocycles. The monoisotopic (exact) mass is 252 g/mol. The smallest absolute Gasteiger partial charge is 0.310 e. The Morgan fingerprint density at radius 2 is 2.00 bits per heavy atom. The van der Waals surface area contributed by atoms with Gasteiger partial charge in [-0.25, -0.2) is 0 Å². The molecule has 0 amide bonds. The van der Waals surface area contributed by atoms with Crippen LogP contribution in [-0.4, -0.2) is 24.3 Å². The number of carboxylic acids is 1. The molecule has 3 nitrogen and oxygen atoms in total. The van der Waals surface area contributed by atoms with Crippen LogP contribution < -0.4 is 0 Å². The van der Waals surface area contributed by atoms with Gasteiger partial charge in [0.05, 0.1) is 12.0 Å². The van der Waals surface area contributed by atoms with Gasteiger partial charge in [-0.2, -0.15) is 0 Å². The molecule has 3 aliphatic rings. The van der Waals surface area contributed by atoms with E-state index >= 15 is 0 Å². The van der Waals surface area contributed by atoms with Crippen LogP contribution in [0.3, 0.4) is 0 Å². The molecule has 102 valence electrons. The lowest BCUT2D eigenvalue weighted by Gasteiger charge is -2.56. The molecule has 2 aliphatic carbocycles. The summed E-state index contributed by atoms with van der Waals surface area (Å²) >= 11 is 0. The Kier molecular flexibility index (Phi) is 2.74. The Bertz CT molecular complexity index is 363. The zero-order chi connectivity index (χ0) is 13.0. The molecule has 0 aromatic carbocycles. The number of carbonyl (C=O) groups is 1. The Hall–Kier alpha value is -0.570. The second-order valence-corrected chi connectivity index (χ2v) is 7.22. The van der Waals surface area contributed by atoms with Gasteiger partial charge in [-0.05, 0) is 42.9 Å². The summed E-state index contributed by atoms with van der Waals surface area (Å²) in [5.41, 5.74) is -0.328. The predicted octanol–water partition coefficient (Wildman–Crippen LogP) is 2.94. The van der Waals surface area contributed by atoms with E-state index in [1.807, 2.05) is 0 Å². The van der Waals surface area contributed by atoms with Crippen LogP contribution in [-0.2, 0) is 9.53 Å². The lowest BCUT2D eigenvalue weighted by molar-refractivity contribution is -0.176. The Balaban J connectivity index is 2.04. The second-order valence-electron chi connectivity index (χ2n) is 7.22. The molecular formula is C15H24O3. The summed E-state index contributed by atoms with van der Waals surface area (Å²) < 4.78 is 5.62. The van der Waals surface area contributed by atoms with Crippen molar-refractivity contribution in [2.45, 2.75) is 46.0 Å². The number of ether oxygens (including phenoxy) is 1. The predicted molar refractivity (Wildman–Crippen MR) is 68.2 cm³/mol. The second kappa shape index (κ2) is 3.96. The van der Waals surface area contributed by atoms with Crippen molar-refractivity contribution in [2.75, 3.05) is 13.2 Å². The van der Waals surface area contributed by atoms with Crippen LogP contribution in [0.15, 0.2) is 0 Å². The third-order valence-electron chi connectivity index (χ3n) is 6.06. The molecule has 0 bridgehead atoms. The molecule has 0 spiro atoms. The largest absolute Gasteiger partial charge is 0.481 e. The summed E-state index contributed by atoms with van der Waals surface area (Å²) in [7, 11) is 0. The fourth-order valence-electron chi connectivity index (χ4n) is 5.22. The van der Waals surface area contributed by atoms with Crippen molar-refractivity contribution >= 4 is 5.97 Å². The van der Waals surface area contributed by atoms with Crippen molar-refractivity contribution < 1.29 is 14.6 Å². The van der Waals surface area contributed by atoms with Crippen molar-refractivity contribution in [1.82, 2.24) is 0 Å². The molecule has 4 atom stereocenters. The SMILES string of the molecule is CC1(C)CCC[C@]2(C(=O)O)[C@@H]3COC[C@@H]3CC[C@@H]12. The van der Waals surface area contributed by atoms with E-state index in [1.54, 1.807) is 0 Å². The number of fused-ring (bicyclic) bond motifs is 3. The normalized spacial score (nSPS) is 46.2. The van der Waals surface area contributed by atoms with Crippen molar-refractivity contribution in [3.63, 3.8) is 0 Å². The van der Waals surface area contributed by atoms with Gasteiger partial charge in [0.1, 0.15) is 0 Å². The molecule has 1 aliphatic heterocycles. The van der Waals surface area contributed by atoms with Gasteiger partial charge >= 0.3 is 5.97 Å². The van der Waals surface area contributed by atoms with Crippen molar-refractivity contribution in [3.05, 3.63) is 0 Å². The minimum absolute atomic E-state index is 0.171. The average Bonchev–Trinajstić information content (AvgIpc) is 2.76. The van der Waals surface area contributed by atoms with Crippen molar-refractivity contribution in [2.24, 2.45) is 28.6 Å². The standard InChI is InChI=1S/C15H24O3/c1-14(2)6-3-7-15(13(16)17)11-9-18-8-10(11)4-5-12(14)15/h10-12H,3-9H2,1-2H3,(H,16,17)/t10-,11+,12-,15-/m0/s1. The van der Waals surface area contributed by atoms with Gasteiger partial charge in [0.15, 0.2) is 0 Å². The van der Waals surface area contributed by atoms with Crippen LogP contribution in [0.2, 0.25) is 0 Å². The Morgan fingerprint density at radius 1 is 1.22 bits per heavy atom. The Morgan fingerprint density at radius 3 is 2.72 bits per heavy atom. The summed E-state index contributed by atoms with van der Waals surface area (Å²) in [6.07, 6.45) is 5.32. The van der Waals surface area contributed by atoms with Gasteiger partial charge in [-0.3, -0.25) is 4.79 Å². The third-order valence-corrected chi connectivity index (χ3v) is 6.06. The molecule has 0 aromatic heterocycles. The zero-order valence-corrected chi connectivity index (χ0v) is 11.4. The summed E-state index contributed by atoms with van der Waals surface area (Å²) in [6.45, 7) is 5.99. The van der Waals surface area contributed by atoms with Crippen LogP contribution in [0, 0.1) is 28.6 Å². The number of rotatable bonds is 1. The summed E-state index contributed by atoms with van der Waals surface area (Å²) in [4.78, 5) is 12.1. The van der Waals surface area contributed by atoms with E-state index < -0.39 is 11.4 Å². The van der Waals surface area contributed by atoms with Crippen molar-refractivity contribution in [1.29, 1.82) is 0 Å². The number of carboxylic acid groups (broad SMARTS) is 1. The highest BCUT2D eigenvalue weighted by Gasteiger charge is 2.62. The van der Waals surface area contributed by atoms with Gasteiger partial charge in [0, 0.05) is 12.5 Å². The highest BCUT2D eigenvalue weighted by Crippen LogP contribution is 2.62. The molecule has 0 unspecified atom stereocenters. The number of hydrogen-bond donors (Lipinski definition) is 1. The first-order valence-corrected chi connectivity index (χ1v) is 7.29. The molecule has 1 heterocycles. The topological polar surface area (TPSA) is 46.5 Å². The summed E-state index contributed by atoms with van der Waals surface area (Å²) in [6, 6.07) is 0. The number of hydrogen-bond acceptors (Lipinski definition) is 2. The van der Waals surface area contributed by atoms with Crippen LogP contribution in [0.5, 0.6) is 0 Å². The van der Waals surface area contributed by atoms with Gasteiger partial charge in [0.2, 0.25) is 0 Å². The van der Waals surface area contributed by atoms with E-state index in [0.29, 0.717) is 18.4 Å². The van der Waals surface area contributed by atoms with E-state index in [2.05, 4.69) is 13.8 Å². The molecule has 18 heavy (non-hydrogen) atoms. The van der Waals surface area contributed by atoms with E-state index in [0.717, 1.165) is 32.3 Å². The minimum atomic E-state index is -0.555. The fraction of sp³-hybridized carbons (Fsp3) is 0.933. The van der Waals surface area contributed by atoms with Gasteiger partial charge in [-0.1, -0.05) is 20.3 Å². The van der Waals surface area contributed by atoms with E-state index in [4.69, 9.17) is 4.74 Å². The van der Waals surface area contributed by atoms with Gasteiger partial charge in [0.25, 0.3) is 0 Å². The van der Waals surface area contributed by atoms with E-state index in [1.165, 1.54) is 6.42 Å². The van der Waals surface area contributed by atoms with Crippen molar-refractivity contribution in [3.8, 4) is 0 Å². The first-order valence-electron chi connectivity index (χ1n) is 7.29. The molecule has 3 heteroatoms. The third kappa shape index (κ3) is 1.49. The highest BCUT2D eigenvalue weighted by molar-refractivity contribution is 5.76. The molecule has 1 saturated heterocycles. The maximum Gasteiger partial charge on any atom is 0.310 e. The van der Waals surface area contributed by atoms with Gasteiger partial charge < -0.3 is 9.84 Å². The first-order chi connectivity index (χ1) is 8.48. The van der Waals surface area contributed by atoms with Gasteiger partial charge in [-0.15, -0.1) is 0 Å². The van der Waals surface area contributed by atoms with E-state index in [-0.39, 0.29) is 11.3 Å². The fourth-order valence-corrected chi connectivity index (χ4v) is 5.22. The highest BCUT2D eigenvalue weighted by atomic mass is 16.5. The average molecular weight is 252 g/mol. The first kappa shape index (κ1) is 12.5. The quantitative estimate of drug-likeness (QED) is 0.780. The lowest BCUT2D eigenvalue weighted by Crippen LogP contribution is -2.57. The zero-order valence-electron chi connectivity index (χ0n) is 11.4. The maximum atomic E-state index is 12.1. The molecule has 0 radical (unpaired) electrons. The molecule has 3 fully saturated rings. The summed E-state index contributed by atoms with van der Waals surface area (Å²) in [5, 5.41) is 9.95. The maximum absolute atomic E-state index is 12.1. The minimum Gasteiger partial charge on any atom is -0.481 e. The van der Waals surface area contributed by atoms with Crippen LogP contribution in [0.1, 0.15) is 46.0 Å². The number of aliphatic carboxylic acids is 1. The van der Waals surface area contributed by atoms with Crippen LogP contribution in [0.25, 0.3) is 0 Å². The lowest BCUT2D eigenvalue weighted by atomic mass is 9.46. The van der Waals surface area contributed by atoms with E-state index in [9.17, 15) is 9.90 Å². The molecular weight excluding hydrogens is 228 g/mol. The van der Waals surface area contributed by atoms with Crippen LogP contribution >= 0.6 is 0 Å². The molecule has 1 N–H and O–H groups in total.